The number of hydrogen-bond donors (Lipinski definition) is 2. The minimum absolute atomic E-state index is 0.00764. The molecule has 1 saturated carbocycles. The molecule has 4 rings (SSSR count). The predicted molar refractivity (Wildman–Crippen MR) is 101 cm³/mol. The van der Waals surface area contributed by atoms with Crippen molar-refractivity contribution in [1.82, 2.24) is 10.3 Å². The van der Waals surface area contributed by atoms with Crippen LogP contribution in [0.2, 0.25) is 0 Å². The van der Waals surface area contributed by atoms with Crippen molar-refractivity contribution in [3.05, 3.63) is 23.2 Å². The lowest BCUT2D eigenvalue weighted by molar-refractivity contribution is -0.107. The smallest absolute Gasteiger partial charge is 0.319 e. The van der Waals surface area contributed by atoms with E-state index in [4.69, 9.17) is 4.74 Å². The largest absolute Gasteiger partial charge is 0.377 e. The topological polar surface area (TPSA) is 63.2 Å². The Morgan fingerprint density at radius 3 is 2.96 bits per heavy atom. The number of carbonyl (C=O) groups is 1. The number of urea groups is 1. The minimum Gasteiger partial charge on any atom is -0.377 e. The third-order valence-electron chi connectivity index (χ3n) is 5.54. The van der Waals surface area contributed by atoms with E-state index in [0.717, 1.165) is 33.9 Å². The molecule has 0 radical (unpaired) electrons. The molecule has 134 valence electrons. The molecule has 5 nitrogen and oxygen atoms in total. The van der Waals surface area contributed by atoms with Crippen LogP contribution in [-0.2, 0) is 4.74 Å². The van der Waals surface area contributed by atoms with Gasteiger partial charge in [-0.05, 0) is 24.6 Å². The van der Waals surface area contributed by atoms with Gasteiger partial charge in [-0.1, -0.05) is 27.7 Å². The van der Waals surface area contributed by atoms with Gasteiger partial charge in [-0.2, -0.15) is 0 Å². The third kappa shape index (κ3) is 2.81. The summed E-state index contributed by atoms with van der Waals surface area (Å²) in [6, 6.07) is 5.92. The van der Waals surface area contributed by atoms with E-state index >= 15 is 0 Å². The van der Waals surface area contributed by atoms with Crippen LogP contribution in [0.25, 0.3) is 10.2 Å². The number of hydrogen-bond acceptors (Lipinski definition) is 4. The highest BCUT2D eigenvalue weighted by molar-refractivity contribution is 7.18. The zero-order valence-corrected chi connectivity index (χ0v) is 15.9. The van der Waals surface area contributed by atoms with Crippen LogP contribution in [0, 0.1) is 11.3 Å². The fraction of sp³-hybridized carbons (Fsp3) is 0.579. The van der Waals surface area contributed by atoms with Crippen molar-refractivity contribution in [1.29, 1.82) is 0 Å². The van der Waals surface area contributed by atoms with Crippen LogP contribution in [-0.4, -0.2) is 29.8 Å². The molecule has 1 aromatic carbocycles. The zero-order valence-electron chi connectivity index (χ0n) is 15.1. The standard InChI is InChI=1S/C19H25N3O2S/c1-10(2)17-21-13-6-5-11(9-14(13)25-17)20-18(23)22-15-12-7-8-24-16(12)19(15,3)4/h5-6,9-10,12,15-16H,7-8H2,1-4H3,(H2,20,22,23). The fourth-order valence-corrected chi connectivity index (χ4v) is 5.20. The second kappa shape index (κ2) is 5.95. The van der Waals surface area contributed by atoms with Crippen molar-refractivity contribution in [3.63, 3.8) is 0 Å². The molecule has 2 N–H and O–H groups in total. The summed E-state index contributed by atoms with van der Waals surface area (Å²) in [6.07, 6.45) is 1.31. The van der Waals surface area contributed by atoms with Crippen LogP contribution >= 0.6 is 11.3 Å². The van der Waals surface area contributed by atoms with Gasteiger partial charge in [0.15, 0.2) is 0 Å². The Balaban J connectivity index is 1.45. The number of anilines is 1. The van der Waals surface area contributed by atoms with Crippen LogP contribution in [0.3, 0.4) is 0 Å². The number of aromatic nitrogens is 1. The van der Waals surface area contributed by atoms with E-state index in [9.17, 15) is 4.79 Å². The maximum absolute atomic E-state index is 12.5. The summed E-state index contributed by atoms with van der Waals surface area (Å²) in [5, 5.41) is 7.26. The Kier molecular flexibility index (Phi) is 4.00. The number of nitrogens with zero attached hydrogens (tertiary/aromatic N) is 1. The van der Waals surface area contributed by atoms with E-state index in [1.165, 1.54) is 0 Å². The summed E-state index contributed by atoms with van der Waals surface area (Å²) < 4.78 is 6.90. The first kappa shape index (κ1) is 16.8. The van der Waals surface area contributed by atoms with Crippen LogP contribution in [0.15, 0.2) is 18.2 Å². The molecule has 1 saturated heterocycles. The second-order valence-electron chi connectivity index (χ2n) is 8.03. The van der Waals surface area contributed by atoms with Crippen LogP contribution in [0.1, 0.15) is 45.0 Å². The molecule has 2 amide bonds. The van der Waals surface area contributed by atoms with Gasteiger partial charge in [0.2, 0.25) is 0 Å². The van der Waals surface area contributed by atoms with Crippen LogP contribution < -0.4 is 10.6 Å². The van der Waals surface area contributed by atoms with Gasteiger partial charge in [-0.3, -0.25) is 0 Å². The summed E-state index contributed by atoms with van der Waals surface area (Å²) >= 11 is 1.69. The number of amides is 2. The van der Waals surface area contributed by atoms with E-state index in [2.05, 4.69) is 43.3 Å². The SMILES string of the molecule is CC(C)c1nc2ccc(NC(=O)NC3C4CCOC4C3(C)C)cc2s1. The molecule has 2 heterocycles. The Hall–Kier alpha value is -1.66. The first-order valence-corrected chi connectivity index (χ1v) is 9.77. The Bertz CT molecular complexity index is 814. The molecule has 0 spiro atoms. The molecule has 1 aliphatic carbocycles. The van der Waals surface area contributed by atoms with Gasteiger partial charge in [0.05, 0.1) is 21.3 Å². The molecule has 6 heteroatoms. The predicted octanol–water partition coefficient (Wildman–Crippen LogP) is 4.35. The molecule has 0 bridgehead atoms. The van der Waals surface area contributed by atoms with Crippen molar-refractivity contribution in [2.75, 3.05) is 11.9 Å². The molecule has 3 atom stereocenters. The second-order valence-corrected chi connectivity index (χ2v) is 9.09. The summed E-state index contributed by atoms with van der Waals surface area (Å²) in [4.78, 5) is 17.1. The number of ether oxygens (including phenoxy) is 1. The Labute approximate surface area is 152 Å². The van der Waals surface area contributed by atoms with Gasteiger partial charge in [0.1, 0.15) is 0 Å². The summed E-state index contributed by atoms with van der Waals surface area (Å²) in [6.45, 7) is 9.43. The molecule has 25 heavy (non-hydrogen) atoms. The molecule has 1 aromatic heterocycles. The monoisotopic (exact) mass is 359 g/mol. The number of carbonyl (C=O) groups excluding carboxylic acids is 1. The van der Waals surface area contributed by atoms with E-state index in [-0.39, 0.29) is 23.6 Å². The van der Waals surface area contributed by atoms with Crippen LogP contribution in [0.5, 0.6) is 0 Å². The Morgan fingerprint density at radius 1 is 1.40 bits per heavy atom. The molecule has 2 aromatic rings. The lowest BCUT2D eigenvalue weighted by Crippen LogP contribution is -2.67. The van der Waals surface area contributed by atoms with Gasteiger partial charge in [0.25, 0.3) is 0 Å². The summed E-state index contributed by atoms with van der Waals surface area (Å²) in [5.41, 5.74) is 1.79. The van der Waals surface area contributed by atoms with Crippen molar-refractivity contribution < 1.29 is 9.53 Å². The molecule has 1 aliphatic heterocycles. The lowest BCUT2D eigenvalue weighted by Gasteiger charge is -2.54. The molecule has 2 aliphatic rings. The van der Waals surface area contributed by atoms with Crippen molar-refractivity contribution in [2.24, 2.45) is 11.3 Å². The molecular formula is C19H25N3O2S. The maximum Gasteiger partial charge on any atom is 0.319 e. The van der Waals surface area contributed by atoms with Gasteiger partial charge >= 0.3 is 6.03 Å². The van der Waals surface area contributed by atoms with Crippen molar-refractivity contribution >= 4 is 33.3 Å². The first-order valence-electron chi connectivity index (χ1n) is 8.96. The lowest BCUT2D eigenvalue weighted by atomic mass is 9.57. The number of fused-ring (bicyclic) bond motifs is 2. The fourth-order valence-electron chi connectivity index (χ4n) is 4.19. The maximum atomic E-state index is 12.5. The molecule has 2 fully saturated rings. The average molecular weight is 359 g/mol. The van der Waals surface area contributed by atoms with E-state index in [0.29, 0.717) is 11.8 Å². The number of benzene rings is 1. The zero-order chi connectivity index (χ0) is 17.8. The quantitative estimate of drug-likeness (QED) is 0.856. The highest BCUT2D eigenvalue weighted by Gasteiger charge is 2.59. The number of thiazole rings is 1. The van der Waals surface area contributed by atoms with E-state index < -0.39 is 0 Å². The van der Waals surface area contributed by atoms with Gasteiger partial charge in [-0.25, -0.2) is 9.78 Å². The molecular weight excluding hydrogens is 334 g/mol. The highest BCUT2D eigenvalue weighted by atomic mass is 32.1. The minimum atomic E-state index is -0.142. The van der Waals surface area contributed by atoms with E-state index in [1.807, 2.05) is 18.2 Å². The number of rotatable bonds is 3. The summed E-state index contributed by atoms with van der Waals surface area (Å²) in [7, 11) is 0. The Morgan fingerprint density at radius 2 is 2.20 bits per heavy atom. The van der Waals surface area contributed by atoms with Crippen molar-refractivity contribution in [3.8, 4) is 0 Å². The van der Waals surface area contributed by atoms with Gasteiger partial charge in [0, 0.05) is 35.6 Å². The average Bonchev–Trinajstić information content (AvgIpc) is 3.17. The van der Waals surface area contributed by atoms with Crippen LogP contribution in [0.4, 0.5) is 10.5 Å². The third-order valence-corrected chi connectivity index (χ3v) is 6.86. The van der Waals surface area contributed by atoms with Gasteiger partial charge < -0.3 is 15.4 Å². The highest BCUT2D eigenvalue weighted by Crippen LogP contribution is 2.52. The first-order chi connectivity index (χ1) is 11.9. The van der Waals surface area contributed by atoms with E-state index in [1.54, 1.807) is 11.3 Å². The van der Waals surface area contributed by atoms with Crippen molar-refractivity contribution in [2.45, 2.75) is 52.2 Å². The summed E-state index contributed by atoms with van der Waals surface area (Å²) in [5.74, 6) is 0.859. The normalized spacial score (nSPS) is 27.2. The molecule has 3 unspecified atom stereocenters. The van der Waals surface area contributed by atoms with Gasteiger partial charge in [-0.15, -0.1) is 11.3 Å². The number of nitrogens with one attached hydrogen (secondary N) is 2.